The van der Waals surface area contributed by atoms with Gasteiger partial charge in [-0.05, 0) is 36.2 Å². The van der Waals surface area contributed by atoms with E-state index >= 15 is 0 Å². The number of rotatable bonds is 3. The van der Waals surface area contributed by atoms with Gasteiger partial charge in [-0.1, -0.05) is 13.0 Å². The van der Waals surface area contributed by atoms with E-state index in [9.17, 15) is 13.2 Å². The maximum atomic E-state index is 12.6. The van der Waals surface area contributed by atoms with Crippen molar-refractivity contribution in [3.63, 3.8) is 0 Å². The Kier molecular flexibility index (Phi) is 3.90. The van der Waals surface area contributed by atoms with E-state index in [0.29, 0.717) is 17.5 Å². The molecular weight excluding hydrogens is 267 g/mol. The van der Waals surface area contributed by atoms with Gasteiger partial charge in [0.25, 0.3) is 0 Å². The van der Waals surface area contributed by atoms with E-state index in [-0.39, 0.29) is 0 Å². The molecule has 2 rings (SSSR count). The van der Waals surface area contributed by atoms with Crippen LogP contribution in [0.1, 0.15) is 41.0 Å². The second kappa shape index (κ2) is 5.32. The molecule has 0 saturated heterocycles. The zero-order chi connectivity index (χ0) is 14.9. The first-order valence-electron chi connectivity index (χ1n) is 6.34. The molecular formula is C15H16F3NO. The van der Waals surface area contributed by atoms with Gasteiger partial charge in [0.05, 0.1) is 17.9 Å². The summed E-state index contributed by atoms with van der Waals surface area (Å²) in [6, 6.07) is 4.91. The molecule has 0 aliphatic carbocycles. The van der Waals surface area contributed by atoms with Gasteiger partial charge in [-0.3, -0.25) is 0 Å². The molecule has 0 fully saturated rings. The van der Waals surface area contributed by atoms with E-state index in [1.54, 1.807) is 19.3 Å². The molecule has 0 saturated carbocycles. The average molecular weight is 283 g/mol. The molecule has 108 valence electrons. The molecule has 5 heteroatoms. The Balaban J connectivity index is 2.39. The second-order valence-electron chi connectivity index (χ2n) is 4.70. The number of hydrogen-bond acceptors (Lipinski definition) is 2. The SMILES string of the molecule is CCc1occc1C(N)c1ccc(C(F)(F)F)cc1C. The Labute approximate surface area is 115 Å². The molecule has 0 aliphatic rings. The highest BCUT2D eigenvalue weighted by Gasteiger charge is 2.31. The lowest BCUT2D eigenvalue weighted by Gasteiger charge is -2.16. The fourth-order valence-electron chi connectivity index (χ4n) is 2.28. The van der Waals surface area contributed by atoms with Gasteiger partial charge in [0.1, 0.15) is 5.76 Å². The summed E-state index contributed by atoms with van der Waals surface area (Å²) in [5.74, 6) is 0.761. The molecule has 20 heavy (non-hydrogen) atoms. The molecule has 1 unspecified atom stereocenters. The van der Waals surface area contributed by atoms with E-state index in [4.69, 9.17) is 10.2 Å². The highest BCUT2D eigenvalue weighted by molar-refractivity contribution is 5.40. The third-order valence-corrected chi connectivity index (χ3v) is 3.37. The summed E-state index contributed by atoms with van der Waals surface area (Å²) in [6.45, 7) is 3.57. The van der Waals surface area contributed by atoms with Gasteiger partial charge in [-0.15, -0.1) is 0 Å². The van der Waals surface area contributed by atoms with Crippen LogP contribution >= 0.6 is 0 Å². The van der Waals surface area contributed by atoms with Crippen LogP contribution in [0.3, 0.4) is 0 Å². The number of halogens is 3. The molecule has 0 radical (unpaired) electrons. The molecule has 1 aromatic carbocycles. The minimum absolute atomic E-state index is 0.481. The van der Waals surface area contributed by atoms with Crippen molar-refractivity contribution in [1.82, 2.24) is 0 Å². The zero-order valence-corrected chi connectivity index (χ0v) is 11.3. The number of benzene rings is 1. The van der Waals surface area contributed by atoms with Crippen LogP contribution in [0.5, 0.6) is 0 Å². The van der Waals surface area contributed by atoms with Crippen LogP contribution < -0.4 is 5.73 Å². The number of alkyl halides is 3. The Morgan fingerprint density at radius 2 is 1.90 bits per heavy atom. The minimum atomic E-state index is -4.34. The summed E-state index contributed by atoms with van der Waals surface area (Å²) in [5, 5.41) is 0. The molecule has 1 aromatic heterocycles. The van der Waals surface area contributed by atoms with Crippen molar-refractivity contribution < 1.29 is 17.6 Å². The zero-order valence-electron chi connectivity index (χ0n) is 11.3. The van der Waals surface area contributed by atoms with Crippen LogP contribution in [-0.4, -0.2) is 0 Å². The number of nitrogens with two attached hydrogens (primary N) is 1. The lowest BCUT2D eigenvalue weighted by atomic mass is 9.94. The normalized spacial score (nSPS) is 13.5. The number of aryl methyl sites for hydroxylation is 2. The summed E-state index contributed by atoms with van der Waals surface area (Å²) in [7, 11) is 0. The molecule has 2 aromatic rings. The Morgan fingerprint density at radius 3 is 2.45 bits per heavy atom. The summed E-state index contributed by atoms with van der Waals surface area (Å²) >= 11 is 0. The number of hydrogen-bond donors (Lipinski definition) is 1. The first-order chi connectivity index (χ1) is 9.34. The fraction of sp³-hybridized carbons (Fsp3) is 0.333. The van der Waals surface area contributed by atoms with Crippen molar-refractivity contribution in [2.75, 3.05) is 0 Å². The van der Waals surface area contributed by atoms with Crippen LogP contribution in [0.4, 0.5) is 13.2 Å². The van der Waals surface area contributed by atoms with Gasteiger partial charge >= 0.3 is 6.18 Å². The van der Waals surface area contributed by atoms with Gasteiger partial charge in [0.2, 0.25) is 0 Å². The van der Waals surface area contributed by atoms with E-state index in [1.165, 1.54) is 6.07 Å². The van der Waals surface area contributed by atoms with Crippen molar-refractivity contribution in [2.24, 2.45) is 5.73 Å². The highest BCUT2D eigenvalue weighted by atomic mass is 19.4. The molecule has 1 atom stereocenters. The minimum Gasteiger partial charge on any atom is -0.469 e. The molecule has 0 spiro atoms. The maximum Gasteiger partial charge on any atom is 0.416 e. The van der Waals surface area contributed by atoms with Crippen LogP contribution in [0.2, 0.25) is 0 Å². The topological polar surface area (TPSA) is 39.2 Å². The lowest BCUT2D eigenvalue weighted by Crippen LogP contribution is -2.15. The van der Waals surface area contributed by atoms with Crippen molar-refractivity contribution in [3.8, 4) is 0 Å². The third kappa shape index (κ3) is 2.72. The first kappa shape index (κ1) is 14.7. The van der Waals surface area contributed by atoms with Gasteiger partial charge in [0, 0.05) is 12.0 Å². The van der Waals surface area contributed by atoms with Crippen molar-refractivity contribution in [3.05, 3.63) is 58.5 Å². The van der Waals surface area contributed by atoms with Crippen molar-refractivity contribution >= 4 is 0 Å². The molecule has 2 nitrogen and oxygen atoms in total. The van der Waals surface area contributed by atoms with Crippen LogP contribution in [0, 0.1) is 6.92 Å². The predicted molar refractivity (Wildman–Crippen MR) is 70.3 cm³/mol. The molecule has 0 amide bonds. The highest BCUT2D eigenvalue weighted by Crippen LogP contribution is 2.33. The third-order valence-electron chi connectivity index (χ3n) is 3.37. The van der Waals surface area contributed by atoms with Crippen LogP contribution in [0.15, 0.2) is 34.9 Å². The number of furan rings is 1. The van der Waals surface area contributed by atoms with Crippen LogP contribution in [-0.2, 0) is 12.6 Å². The Hall–Kier alpha value is -1.75. The molecule has 0 aliphatic heterocycles. The van der Waals surface area contributed by atoms with Gasteiger partial charge in [0.15, 0.2) is 0 Å². The second-order valence-corrected chi connectivity index (χ2v) is 4.70. The Bertz CT molecular complexity index is 601. The molecule has 0 bridgehead atoms. The van der Waals surface area contributed by atoms with E-state index in [0.717, 1.165) is 23.5 Å². The van der Waals surface area contributed by atoms with Crippen molar-refractivity contribution in [2.45, 2.75) is 32.5 Å². The smallest absolute Gasteiger partial charge is 0.416 e. The summed E-state index contributed by atoms with van der Waals surface area (Å²) in [6.07, 6.45) is -2.10. The largest absolute Gasteiger partial charge is 0.469 e. The molecule has 1 heterocycles. The van der Waals surface area contributed by atoms with Crippen LogP contribution in [0.25, 0.3) is 0 Å². The lowest BCUT2D eigenvalue weighted by molar-refractivity contribution is -0.137. The van der Waals surface area contributed by atoms with Gasteiger partial charge < -0.3 is 10.2 Å². The van der Waals surface area contributed by atoms with E-state index in [2.05, 4.69) is 0 Å². The Morgan fingerprint density at radius 1 is 1.20 bits per heavy atom. The standard InChI is InChI=1S/C15H16F3NO/c1-3-13-12(6-7-20-13)14(19)11-5-4-10(8-9(11)2)15(16,17)18/h4-8,14H,3,19H2,1-2H3. The van der Waals surface area contributed by atoms with Gasteiger partial charge in [-0.25, -0.2) is 0 Å². The summed E-state index contributed by atoms with van der Waals surface area (Å²) in [4.78, 5) is 0. The molecule has 2 N–H and O–H groups in total. The summed E-state index contributed by atoms with van der Waals surface area (Å²) in [5.41, 5.74) is 7.51. The average Bonchev–Trinajstić information content (AvgIpc) is 2.85. The predicted octanol–water partition coefficient (Wildman–Crippen LogP) is 4.22. The van der Waals surface area contributed by atoms with Crippen molar-refractivity contribution in [1.29, 1.82) is 0 Å². The fourth-order valence-corrected chi connectivity index (χ4v) is 2.28. The first-order valence-corrected chi connectivity index (χ1v) is 6.34. The quantitative estimate of drug-likeness (QED) is 0.916. The monoisotopic (exact) mass is 283 g/mol. The summed E-state index contributed by atoms with van der Waals surface area (Å²) < 4.78 is 43.3. The van der Waals surface area contributed by atoms with E-state index < -0.39 is 17.8 Å². The van der Waals surface area contributed by atoms with E-state index in [1.807, 2.05) is 6.92 Å². The van der Waals surface area contributed by atoms with Gasteiger partial charge in [-0.2, -0.15) is 13.2 Å². The maximum absolute atomic E-state index is 12.6.